The van der Waals surface area contributed by atoms with Crippen molar-refractivity contribution in [3.8, 4) is 0 Å². The van der Waals surface area contributed by atoms with Crippen molar-refractivity contribution in [3.63, 3.8) is 0 Å². The van der Waals surface area contributed by atoms with Crippen LogP contribution in [0.5, 0.6) is 0 Å². The molecule has 3 aromatic rings. The molecule has 118 valence electrons. The average molecular weight is 322 g/mol. The molecule has 1 N–H and O–H groups in total. The third-order valence-corrected chi connectivity index (χ3v) is 5.82. The fourth-order valence-corrected chi connectivity index (χ4v) is 4.35. The number of piperidine rings is 1. The molecule has 23 heavy (non-hydrogen) atoms. The molecular formula is C20H22N2S. The van der Waals surface area contributed by atoms with E-state index in [4.69, 9.17) is 0 Å². The first-order chi connectivity index (χ1) is 11.3. The summed E-state index contributed by atoms with van der Waals surface area (Å²) in [6, 6.07) is 17.4. The van der Waals surface area contributed by atoms with E-state index in [1.165, 1.54) is 52.2 Å². The summed E-state index contributed by atoms with van der Waals surface area (Å²) in [6.45, 7) is 2.41. The van der Waals surface area contributed by atoms with Gasteiger partial charge in [-0.1, -0.05) is 30.0 Å². The molecule has 0 radical (unpaired) electrons. The summed E-state index contributed by atoms with van der Waals surface area (Å²) in [4.78, 5) is 8.51. The highest BCUT2D eigenvalue weighted by atomic mass is 32.2. The van der Waals surface area contributed by atoms with Crippen molar-refractivity contribution >= 4 is 22.7 Å². The first-order valence-electron chi connectivity index (χ1n) is 8.32. The first-order valence-corrected chi connectivity index (χ1v) is 9.14. The molecule has 0 saturated carbocycles. The Morgan fingerprint density at radius 2 is 1.78 bits per heavy atom. The molecule has 0 unspecified atom stereocenters. The Kier molecular flexibility index (Phi) is 4.15. The Morgan fingerprint density at radius 1 is 1.00 bits per heavy atom. The van der Waals surface area contributed by atoms with Crippen LogP contribution in [0.25, 0.3) is 10.9 Å². The summed E-state index contributed by atoms with van der Waals surface area (Å²) in [5, 5.41) is 1.40. The Labute approximate surface area is 141 Å². The normalized spacial score (nSPS) is 16.9. The second kappa shape index (κ2) is 6.42. The van der Waals surface area contributed by atoms with Gasteiger partial charge in [-0.05, 0) is 74.8 Å². The number of likely N-dealkylation sites (tertiary alicyclic amines) is 1. The molecule has 1 aliphatic heterocycles. The largest absolute Gasteiger partial charge is 0.361 e. The van der Waals surface area contributed by atoms with Crippen LogP contribution in [0.1, 0.15) is 24.3 Å². The summed E-state index contributed by atoms with van der Waals surface area (Å²) in [7, 11) is 2.22. The molecule has 0 atom stereocenters. The van der Waals surface area contributed by atoms with Crippen LogP contribution in [0, 0.1) is 0 Å². The maximum atomic E-state index is 3.46. The lowest BCUT2D eigenvalue weighted by Crippen LogP contribution is -2.29. The van der Waals surface area contributed by atoms with E-state index in [0.29, 0.717) is 5.92 Å². The van der Waals surface area contributed by atoms with Crippen molar-refractivity contribution < 1.29 is 0 Å². The fraction of sp³-hybridized carbons (Fsp3) is 0.300. The summed E-state index contributed by atoms with van der Waals surface area (Å²) in [6.07, 6.45) is 4.76. The Morgan fingerprint density at radius 3 is 2.57 bits per heavy atom. The van der Waals surface area contributed by atoms with Crippen molar-refractivity contribution in [3.05, 3.63) is 60.3 Å². The van der Waals surface area contributed by atoms with Crippen molar-refractivity contribution in [2.75, 3.05) is 20.1 Å². The third kappa shape index (κ3) is 3.17. The summed E-state index contributed by atoms with van der Waals surface area (Å²) in [5.41, 5.74) is 2.76. The van der Waals surface area contributed by atoms with E-state index < -0.39 is 0 Å². The number of hydrogen-bond acceptors (Lipinski definition) is 2. The van der Waals surface area contributed by atoms with Gasteiger partial charge in [-0.2, -0.15) is 0 Å². The maximum Gasteiger partial charge on any atom is 0.0457 e. The summed E-state index contributed by atoms with van der Waals surface area (Å²) >= 11 is 1.84. The van der Waals surface area contributed by atoms with E-state index in [0.717, 1.165) is 0 Å². The van der Waals surface area contributed by atoms with Crippen LogP contribution in [-0.4, -0.2) is 30.0 Å². The molecule has 1 aromatic heterocycles. The number of fused-ring (bicyclic) bond motifs is 1. The maximum absolute atomic E-state index is 3.46. The van der Waals surface area contributed by atoms with Gasteiger partial charge in [-0.3, -0.25) is 0 Å². The molecule has 2 aromatic carbocycles. The smallest absolute Gasteiger partial charge is 0.0457 e. The lowest BCUT2D eigenvalue weighted by Gasteiger charge is -2.28. The van der Waals surface area contributed by atoms with Gasteiger partial charge in [-0.15, -0.1) is 0 Å². The van der Waals surface area contributed by atoms with E-state index in [9.17, 15) is 0 Å². The van der Waals surface area contributed by atoms with Gasteiger partial charge in [0.05, 0.1) is 0 Å². The minimum absolute atomic E-state index is 0.692. The van der Waals surface area contributed by atoms with Gasteiger partial charge < -0.3 is 9.88 Å². The van der Waals surface area contributed by atoms with E-state index >= 15 is 0 Å². The lowest BCUT2D eigenvalue weighted by molar-refractivity contribution is 0.256. The highest BCUT2D eigenvalue weighted by Gasteiger charge is 2.21. The number of benzene rings is 2. The molecule has 1 fully saturated rings. The molecule has 0 spiro atoms. The minimum atomic E-state index is 0.692. The topological polar surface area (TPSA) is 19.0 Å². The predicted molar refractivity (Wildman–Crippen MR) is 98.3 cm³/mol. The molecule has 0 amide bonds. The molecule has 2 heterocycles. The van der Waals surface area contributed by atoms with Gasteiger partial charge in [0.15, 0.2) is 0 Å². The number of nitrogens with zero attached hydrogens (tertiary/aromatic N) is 1. The first kappa shape index (κ1) is 14.9. The quantitative estimate of drug-likeness (QED) is 0.721. The van der Waals surface area contributed by atoms with Crippen molar-refractivity contribution in [2.24, 2.45) is 0 Å². The molecular weight excluding hydrogens is 300 g/mol. The molecule has 3 heteroatoms. The summed E-state index contributed by atoms with van der Waals surface area (Å²) in [5.74, 6) is 0.692. The standard InChI is InChI=1S/C20H22N2S/c1-22-11-9-15(10-12-22)19-14-21-20-8-7-17(13-18(19)20)23-16-5-3-2-4-6-16/h2-8,13-15,21H,9-12H2,1H3. The Hall–Kier alpha value is -1.71. The number of aromatic nitrogens is 1. The average Bonchev–Trinajstić information content (AvgIpc) is 3.00. The van der Waals surface area contributed by atoms with Crippen molar-refractivity contribution in [1.29, 1.82) is 0 Å². The van der Waals surface area contributed by atoms with Gasteiger partial charge in [0.1, 0.15) is 0 Å². The molecule has 2 nitrogen and oxygen atoms in total. The number of rotatable bonds is 3. The van der Waals surface area contributed by atoms with Gasteiger partial charge in [-0.25, -0.2) is 0 Å². The van der Waals surface area contributed by atoms with Crippen LogP contribution < -0.4 is 0 Å². The predicted octanol–water partition coefficient (Wildman–Crippen LogP) is 5.13. The fourth-order valence-electron chi connectivity index (χ4n) is 3.47. The molecule has 0 bridgehead atoms. The highest BCUT2D eigenvalue weighted by molar-refractivity contribution is 7.99. The number of hydrogen-bond donors (Lipinski definition) is 1. The number of nitrogens with one attached hydrogen (secondary N) is 1. The van der Waals surface area contributed by atoms with Crippen LogP contribution in [-0.2, 0) is 0 Å². The zero-order chi connectivity index (χ0) is 15.6. The number of aromatic amines is 1. The molecule has 0 aliphatic carbocycles. The van der Waals surface area contributed by atoms with Crippen LogP contribution >= 0.6 is 11.8 Å². The second-order valence-electron chi connectivity index (χ2n) is 6.44. The monoisotopic (exact) mass is 322 g/mol. The third-order valence-electron chi connectivity index (χ3n) is 4.82. The summed E-state index contributed by atoms with van der Waals surface area (Å²) < 4.78 is 0. The number of H-pyrrole nitrogens is 1. The van der Waals surface area contributed by atoms with E-state index in [-0.39, 0.29) is 0 Å². The van der Waals surface area contributed by atoms with E-state index in [2.05, 4.69) is 71.7 Å². The second-order valence-corrected chi connectivity index (χ2v) is 7.59. The van der Waals surface area contributed by atoms with Gasteiger partial charge in [0.25, 0.3) is 0 Å². The van der Waals surface area contributed by atoms with Crippen LogP contribution in [0.4, 0.5) is 0 Å². The molecule has 1 saturated heterocycles. The lowest BCUT2D eigenvalue weighted by atomic mass is 9.89. The Balaban J connectivity index is 1.63. The molecule has 1 aliphatic rings. The van der Waals surface area contributed by atoms with Gasteiger partial charge in [0, 0.05) is 26.9 Å². The minimum Gasteiger partial charge on any atom is -0.361 e. The van der Waals surface area contributed by atoms with Crippen LogP contribution in [0.15, 0.2) is 64.5 Å². The Bertz CT molecular complexity index is 786. The SMILES string of the molecule is CN1CCC(c2c[nH]c3ccc(Sc4ccccc4)cc23)CC1. The van der Waals surface area contributed by atoms with Gasteiger partial charge >= 0.3 is 0 Å². The van der Waals surface area contributed by atoms with Crippen LogP contribution in [0.2, 0.25) is 0 Å². The molecule has 4 rings (SSSR count). The van der Waals surface area contributed by atoms with Gasteiger partial charge in [0.2, 0.25) is 0 Å². The van der Waals surface area contributed by atoms with E-state index in [1.54, 1.807) is 0 Å². The zero-order valence-corrected chi connectivity index (χ0v) is 14.3. The van der Waals surface area contributed by atoms with E-state index in [1.807, 2.05) is 11.8 Å². The van der Waals surface area contributed by atoms with Crippen molar-refractivity contribution in [1.82, 2.24) is 9.88 Å². The highest BCUT2D eigenvalue weighted by Crippen LogP contribution is 2.36. The zero-order valence-electron chi connectivity index (χ0n) is 13.5. The van der Waals surface area contributed by atoms with Crippen LogP contribution in [0.3, 0.4) is 0 Å². The van der Waals surface area contributed by atoms with Crippen molar-refractivity contribution in [2.45, 2.75) is 28.6 Å².